The third-order valence-electron chi connectivity index (χ3n) is 6.16. The van der Waals surface area contributed by atoms with Crippen molar-refractivity contribution in [2.24, 2.45) is 0 Å². The monoisotopic (exact) mass is 590 g/mol. The van der Waals surface area contributed by atoms with Crippen LogP contribution in [0.25, 0.3) is 10.9 Å². The molecule has 4 aromatic rings. The molecule has 0 unspecified atom stereocenters. The molecule has 0 saturated heterocycles. The van der Waals surface area contributed by atoms with Gasteiger partial charge in [0.2, 0.25) is 0 Å². The maximum Gasteiger partial charge on any atom is 0.422 e. The van der Waals surface area contributed by atoms with Crippen LogP contribution in [0.2, 0.25) is 0 Å². The summed E-state index contributed by atoms with van der Waals surface area (Å²) in [7, 11) is 2.99. The van der Waals surface area contributed by atoms with Crippen LogP contribution in [0.5, 0.6) is 28.7 Å². The summed E-state index contributed by atoms with van der Waals surface area (Å²) in [6.45, 7) is -1.18. The third kappa shape index (κ3) is 7.00. The number of benzene rings is 2. The van der Waals surface area contributed by atoms with Gasteiger partial charge in [0.25, 0.3) is 5.91 Å². The van der Waals surface area contributed by atoms with E-state index in [9.17, 15) is 18.0 Å². The summed E-state index contributed by atoms with van der Waals surface area (Å²) >= 11 is 0. The lowest BCUT2D eigenvalue weighted by Crippen LogP contribution is -2.21. The van der Waals surface area contributed by atoms with Crippen LogP contribution in [0.1, 0.15) is 23.3 Å². The number of pyridine rings is 1. The van der Waals surface area contributed by atoms with Gasteiger partial charge in [-0.25, -0.2) is 4.39 Å². The first-order chi connectivity index (χ1) is 20.1. The van der Waals surface area contributed by atoms with E-state index in [1.165, 1.54) is 43.4 Å². The summed E-state index contributed by atoms with van der Waals surface area (Å²) < 4.78 is 81.5. The van der Waals surface area contributed by atoms with Crippen LogP contribution in [0.3, 0.4) is 0 Å². The van der Waals surface area contributed by atoms with Gasteiger partial charge in [-0.05, 0) is 37.1 Å². The molecule has 0 spiro atoms. The van der Waals surface area contributed by atoms with E-state index in [0.29, 0.717) is 28.2 Å². The van der Waals surface area contributed by atoms with Gasteiger partial charge in [0.1, 0.15) is 17.3 Å². The second-order valence-corrected chi connectivity index (χ2v) is 9.31. The number of ether oxygens (including phenoxy) is 5. The summed E-state index contributed by atoms with van der Waals surface area (Å²) in [6.07, 6.45) is 0.126. The number of hydrogen-bond donors (Lipinski definition) is 1. The highest BCUT2D eigenvalue weighted by Gasteiger charge is 2.30. The fourth-order valence-corrected chi connectivity index (χ4v) is 3.99. The highest BCUT2D eigenvalue weighted by atomic mass is 19.4. The van der Waals surface area contributed by atoms with Crippen LogP contribution in [-0.4, -0.2) is 60.4 Å². The lowest BCUT2D eigenvalue weighted by molar-refractivity contribution is -0.153. The lowest BCUT2D eigenvalue weighted by atomic mass is 10.2. The highest BCUT2D eigenvalue weighted by Crippen LogP contribution is 2.37. The van der Waals surface area contributed by atoms with Gasteiger partial charge < -0.3 is 29.0 Å². The maximum absolute atomic E-state index is 15.1. The number of rotatable bonds is 12. The number of alkyl halides is 3. The first-order valence-corrected chi connectivity index (χ1v) is 12.8. The quantitative estimate of drug-likeness (QED) is 0.208. The summed E-state index contributed by atoms with van der Waals surface area (Å²) in [5, 5.41) is 6.96. The minimum absolute atomic E-state index is 0.113. The van der Waals surface area contributed by atoms with E-state index in [4.69, 9.17) is 23.7 Å². The number of anilines is 1. The Bertz CT molecular complexity index is 1590. The van der Waals surface area contributed by atoms with E-state index < -0.39 is 36.0 Å². The number of carbonyl (C=O) groups excluding carboxylic acids is 1. The average molecular weight is 591 g/mol. The van der Waals surface area contributed by atoms with Gasteiger partial charge in [-0.2, -0.15) is 18.3 Å². The Kier molecular flexibility index (Phi) is 8.34. The summed E-state index contributed by atoms with van der Waals surface area (Å²) in [4.78, 5) is 17.2. The fraction of sp³-hybridized carbons (Fsp3) is 0.321. The molecular weight excluding hydrogens is 564 g/mol. The van der Waals surface area contributed by atoms with Crippen molar-refractivity contribution in [1.82, 2.24) is 14.8 Å². The molecule has 10 nitrogen and oxygen atoms in total. The number of methoxy groups -OCH3 is 2. The number of fused-ring (bicyclic) bond motifs is 1. The molecule has 222 valence electrons. The van der Waals surface area contributed by atoms with Crippen molar-refractivity contribution in [2.45, 2.75) is 31.7 Å². The smallest absolute Gasteiger partial charge is 0.422 e. The van der Waals surface area contributed by atoms with Gasteiger partial charge >= 0.3 is 6.18 Å². The lowest BCUT2D eigenvalue weighted by Gasteiger charge is -2.13. The molecule has 0 atom stereocenters. The Hall–Kier alpha value is -4.59. The van der Waals surface area contributed by atoms with Crippen molar-refractivity contribution >= 4 is 22.5 Å². The first kappa shape index (κ1) is 28.9. The Morgan fingerprint density at radius 2 is 1.81 bits per heavy atom. The first-order valence-electron chi connectivity index (χ1n) is 12.8. The molecule has 1 fully saturated rings. The van der Waals surface area contributed by atoms with Crippen LogP contribution >= 0.6 is 0 Å². The average Bonchev–Trinajstić information content (AvgIpc) is 3.69. The summed E-state index contributed by atoms with van der Waals surface area (Å²) in [5.41, 5.74) is -0.124. The number of aromatic nitrogens is 3. The van der Waals surface area contributed by atoms with E-state index in [2.05, 4.69) is 15.4 Å². The second kappa shape index (κ2) is 12.1. The maximum atomic E-state index is 15.1. The molecule has 14 heteroatoms. The molecule has 1 aliphatic rings. The van der Waals surface area contributed by atoms with Crippen LogP contribution in [0.4, 0.5) is 23.2 Å². The predicted molar refractivity (Wildman–Crippen MR) is 142 cm³/mol. The Balaban J connectivity index is 1.32. The van der Waals surface area contributed by atoms with Crippen molar-refractivity contribution in [1.29, 1.82) is 0 Å². The molecule has 2 aromatic heterocycles. The number of halogens is 4. The topological polar surface area (TPSA) is 106 Å². The zero-order valence-electron chi connectivity index (χ0n) is 22.5. The zero-order valence-corrected chi connectivity index (χ0v) is 22.5. The molecule has 0 radical (unpaired) electrons. The van der Waals surface area contributed by atoms with Crippen LogP contribution in [-0.2, 0) is 11.3 Å². The molecule has 1 aliphatic carbocycles. The van der Waals surface area contributed by atoms with E-state index in [1.807, 2.05) is 0 Å². The zero-order chi connectivity index (χ0) is 29.9. The van der Waals surface area contributed by atoms with Gasteiger partial charge in [0, 0.05) is 23.7 Å². The molecule has 1 amide bonds. The SMILES string of the molecule is COc1cc2nccc(Oc3ccc(NC(=O)c4nn(CCOC5CC5)cc4OCC(F)(F)F)c(F)c3)c2cc1OC. The van der Waals surface area contributed by atoms with Gasteiger partial charge in [-0.15, -0.1) is 0 Å². The molecule has 5 rings (SSSR count). The Morgan fingerprint density at radius 1 is 1.05 bits per heavy atom. The van der Waals surface area contributed by atoms with E-state index in [0.717, 1.165) is 18.9 Å². The van der Waals surface area contributed by atoms with Gasteiger partial charge in [-0.1, -0.05) is 0 Å². The molecule has 42 heavy (non-hydrogen) atoms. The number of carbonyl (C=O) groups is 1. The summed E-state index contributed by atoms with van der Waals surface area (Å²) in [6, 6.07) is 8.67. The predicted octanol–water partition coefficient (Wildman–Crippen LogP) is 5.75. The van der Waals surface area contributed by atoms with Crippen LogP contribution < -0.4 is 24.3 Å². The van der Waals surface area contributed by atoms with Crippen molar-refractivity contribution in [3.05, 3.63) is 60.3 Å². The van der Waals surface area contributed by atoms with Gasteiger partial charge in [0.05, 0.1) is 50.9 Å². The standard InChI is InChI=1S/C28H26F4N4O6/c1-38-23-12-18-21(13-24(23)39-2)33-8-7-22(18)42-17-5-6-20(19(29)11-17)34-27(37)26-25(41-15-28(30,31)32)14-36(35-26)9-10-40-16-3-4-16/h5-8,11-14,16H,3-4,9-10,15H2,1-2H3,(H,34,37). The van der Waals surface area contributed by atoms with Gasteiger partial charge in [-0.3, -0.25) is 14.5 Å². The van der Waals surface area contributed by atoms with E-state index in [-0.39, 0.29) is 30.7 Å². The van der Waals surface area contributed by atoms with Crippen molar-refractivity contribution in [2.75, 3.05) is 32.8 Å². The Labute approximate surface area is 237 Å². The number of hydrogen-bond acceptors (Lipinski definition) is 8. The largest absolute Gasteiger partial charge is 0.493 e. The van der Waals surface area contributed by atoms with Crippen LogP contribution in [0, 0.1) is 5.82 Å². The normalized spacial score (nSPS) is 13.2. The molecule has 0 bridgehead atoms. The molecular formula is C28H26F4N4O6. The Morgan fingerprint density at radius 3 is 2.50 bits per heavy atom. The number of amides is 1. The van der Waals surface area contributed by atoms with Crippen molar-refractivity contribution in [3.63, 3.8) is 0 Å². The molecule has 1 N–H and O–H groups in total. The summed E-state index contributed by atoms with van der Waals surface area (Å²) in [5.74, 6) is -0.807. The molecule has 0 aliphatic heterocycles. The number of nitrogens with one attached hydrogen (secondary N) is 1. The fourth-order valence-electron chi connectivity index (χ4n) is 3.99. The van der Waals surface area contributed by atoms with E-state index in [1.54, 1.807) is 18.2 Å². The second-order valence-electron chi connectivity index (χ2n) is 9.31. The van der Waals surface area contributed by atoms with Gasteiger partial charge in [0.15, 0.2) is 29.5 Å². The number of nitrogens with zero attached hydrogens (tertiary/aromatic N) is 3. The minimum Gasteiger partial charge on any atom is -0.493 e. The molecule has 2 aromatic carbocycles. The van der Waals surface area contributed by atoms with Crippen LogP contribution in [0.15, 0.2) is 48.8 Å². The molecule has 2 heterocycles. The molecule has 1 saturated carbocycles. The van der Waals surface area contributed by atoms with Crippen molar-refractivity contribution < 1.29 is 46.0 Å². The third-order valence-corrected chi connectivity index (χ3v) is 6.16. The highest BCUT2D eigenvalue weighted by molar-refractivity contribution is 6.04. The van der Waals surface area contributed by atoms with E-state index >= 15 is 4.39 Å². The minimum atomic E-state index is -4.63. The van der Waals surface area contributed by atoms with Crippen molar-refractivity contribution in [3.8, 4) is 28.7 Å².